The predicted molar refractivity (Wildman–Crippen MR) is 101 cm³/mol. The third kappa shape index (κ3) is 13.3. The van der Waals surface area contributed by atoms with Crippen LogP contribution in [0.2, 0.25) is 0 Å². The van der Waals surface area contributed by atoms with Crippen LogP contribution in [0.4, 0.5) is 0 Å². The van der Waals surface area contributed by atoms with Gasteiger partial charge in [-0.3, -0.25) is 14.5 Å². The van der Waals surface area contributed by atoms with E-state index >= 15 is 0 Å². The molecule has 0 saturated carbocycles. The average Bonchev–Trinajstić information content (AvgIpc) is 2.66. The number of aryl methyl sites for hydroxylation is 1. The molecule has 2 aromatic heterocycles. The second-order valence-electron chi connectivity index (χ2n) is 4.48. The predicted octanol–water partition coefficient (Wildman–Crippen LogP) is 3.48. The molecule has 1 aromatic carbocycles. The number of pyridine rings is 2. The van der Waals surface area contributed by atoms with E-state index in [1.807, 2.05) is 43.3 Å². The quantitative estimate of drug-likeness (QED) is 0.291. The lowest BCUT2D eigenvalue weighted by atomic mass is 10.2. The zero-order valence-corrected chi connectivity index (χ0v) is 15.1. The Balaban J connectivity index is 0.000000355. The van der Waals surface area contributed by atoms with Crippen LogP contribution in [0, 0.1) is 6.92 Å². The second-order valence-corrected chi connectivity index (χ2v) is 5.90. The first-order chi connectivity index (χ1) is 12.4. The minimum absolute atomic E-state index is 0.0666. The largest absolute Gasteiger partial charge is 0.411 e. The molecule has 2 heterocycles. The van der Waals surface area contributed by atoms with Gasteiger partial charge in [0.15, 0.2) is 0 Å². The third-order valence-electron chi connectivity index (χ3n) is 2.45. The van der Waals surface area contributed by atoms with Crippen molar-refractivity contribution in [2.75, 3.05) is 0 Å². The molecule has 3 rings (SSSR count). The number of rotatable bonds is 1. The van der Waals surface area contributed by atoms with E-state index in [1.165, 1.54) is 12.1 Å². The normalized spacial score (nSPS) is 9.00. The first-order valence-corrected chi connectivity index (χ1v) is 8.70. The number of aromatic nitrogens is 2. The van der Waals surface area contributed by atoms with Gasteiger partial charge in [0, 0.05) is 31.5 Å². The molecule has 0 aliphatic heterocycles. The van der Waals surface area contributed by atoms with Gasteiger partial charge in [0.25, 0.3) is 10.1 Å². The van der Waals surface area contributed by atoms with Gasteiger partial charge in [-0.05, 0) is 43.3 Å². The molecule has 0 bridgehead atoms. The van der Waals surface area contributed by atoms with Crippen LogP contribution in [0.15, 0.2) is 95.5 Å². The molecule has 2 N–H and O–H groups in total. The van der Waals surface area contributed by atoms with E-state index in [0.29, 0.717) is 0 Å². The van der Waals surface area contributed by atoms with Crippen LogP contribution in [0.1, 0.15) is 5.56 Å². The lowest BCUT2D eigenvalue weighted by Gasteiger charge is -1.95. The van der Waals surface area contributed by atoms with Gasteiger partial charge in [0.05, 0.1) is 4.90 Å². The minimum Gasteiger partial charge on any atom is -0.411 e. The highest BCUT2D eigenvalue weighted by atomic mass is 32.2. The summed E-state index contributed by atoms with van der Waals surface area (Å²) in [5.41, 5.74) is 0.956. The van der Waals surface area contributed by atoms with E-state index in [9.17, 15) is 8.42 Å². The molecule has 26 heavy (non-hydrogen) atoms. The summed E-state index contributed by atoms with van der Waals surface area (Å²) >= 11 is 0. The summed E-state index contributed by atoms with van der Waals surface area (Å²) in [5.74, 6) is 0. The van der Waals surface area contributed by atoms with Gasteiger partial charge in [0.2, 0.25) is 0 Å². The van der Waals surface area contributed by atoms with E-state index in [4.69, 9.17) is 9.76 Å². The van der Waals surface area contributed by atoms with Crippen LogP contribution in [0.5, 0.6) is 0 Å². The van der Waals surface area contributed by atoms with Crippen LogP contribution in [-0.2, 0) is 10.1 Å². The van der Waals surface area contributed by atoms with Crippen molar-refractivity contribution in [1.29, 1.82) is 0 Å². The number of benzene rings is 1. The second kappa shape index (κ2) is 14.3. The van der Waals surface area contributed by atoms with E-state index in [-0.39, 0.29) is 4.90 Å². The van der Waals surface area contributed by atoms with Crippen LogP contribution < -0.4 is 0 Å². The number of oxime groups is 1. The van der Waals surface area contributed by atoms with Crippen molar-refractivity contribution in [3.05, 3.63) is 91.0 Å². The van der Waals surface area contributed by atoms with Gasteiger partial charge in [-0.2, -0.15) is 8.42 Å². The summed E-state index contributed by atoms with van der Waals surface area (Å²) < 4.78 is 29.6. The van der Waals surface area contributed by atoms with E-state index in [0.717, 1.165) is 5.56 Å². The number of hydrogen-bond acceptors (Lipinski definition) is 6. The highest BCUT2D eigenvalue weighted by molar-refractivity contribution is 7.85. The molecule has 0 aliphatic carbocycles. The zero-order chi connectivity index (χ0) is 19.7. The molecule has 0 aliphatic rings. The average molecular weight is 375 g/mol. The molecule has 0 spiro atoms. The molecule has 0 amide bonds. The molecule has 0 atom stereocenters. The summed E-state index contributed by atoms with van der Waals surface area (Å²) in [4.78, 5) is 7.50. The van der Waals surface area contributed by atoms with Crippen molar-refractivity contribution < 1.29 is 18.2 Å². The Hall–Kier alpha value is -3.10. The summed E-state index contributed by atoms with van der Waals surface area (Å²) in [6.45, 7) is 4.51. The maximum absolute atomic E-state index is 10.5. The van der Waals surface area contributed by atoms with Crippen molar-refractivity contribution in [2.45, 2.75) is 11.8 Å². The van der Waals surface area contributed by atoms with Crippen molar-refractivity contribution >= 4 is 16.8 Å². The van der Waals surface area contributed by atoms with Crippen LogP contribution >= 0.6 is 0 Å². The maximum Gasteiger partial charge on any atom is 0.294 e. The maximum atomic E-state index is 10.5. The Bertz CT molecular complexity index is 712. The van der Waals surface area contributed by atoms with Crippen LogP contribution in [0.25, 0.3) is 0 Å². The van der Waals surface area contributed by atoms with Gasteiger partial charge in [0.1, 0.15) is 0 Å². The number of nitrogens with zero attached hydrogens (tertiary/aromatic N) is 3. The fourth-order valence-electron chi connectivity index (χ4n) is 1.34. The molecule has 0 fully saturated rings. The molecule has 8 heteroatoms. The smallest absolute Gasteiger partial charge is 0.294 e. The summed E-state index contributed by atoms with van der Waals surface area (Å²) in [7, 11) is -4.02. The number of hydrogen-bond donors (Lipinski definition) is 2. The molecular weight excluding hydrogens is 354 g/mol. The zero-order valence-electron chi connectivity index (χ0n) is 14.3. The van der Waals surface area contributed by atoms with Gasteiger partial charge >= 0.3 is 0 Å². The summed E-state index contributed by atoms with van der Waals surface area (Å²) in [5, 5.41) is 9.33. The van der Waals surface area contributed by atoms with E-state index < -0.39 is 10.1 Å². The Morgan fingerprint density at radius 2 is 1.19 bits per heavy atom. The fraction of sp³-hybridized carbons (Fsp3) is 0.0556. The molecule has 3 aromatic rings. The molecule has 7 nitrogen and oxygen atoms in total. The van der Waals surface area contributed by atoms with Crippen LogP contribution in [0.3, 0.4) is 0 Å². The SMILES string of the molecule is C=NO.Cc1ccc(S(=O)(=O)O)cc1.c1ccncc1.c1ccncc1. The Morgan fingerprint density at radius 1 is 0.846 bits per heavy atom. The van der Waals surface area contributed by atoms with Crippen molar-refractivity contribution in [3.8, 4) is 0 Å². The topological polar surface area (TPSA) is 113 Å². The van der Waals surface area contributed by atoms with E-state index in [2.05, 4.69) is 21.8 Å². The Kier molecular flexibility index (Phi) is 12.6. The van der Waals surface area contributed by atoms with Crippen molar-refractivity contribution in [2.24, 2.45) is 5.16 Å². The molecule has 0 radical (unpaired) electrons. The van der Waals surface area contributed by atoms with Crippen LogP contribution in [-0.4, -0.2) is 34.9 Å². The third-order valence-corrected chi connectivity index (χ3v) is 3.32. The monoisotopic (exact) mass is 375 g/mol. The molecule has 0 saturated heterocycles. The van der Waals surface area contributed by atoms with Gasteiger partial charge in [-0.15, -0.1) is 5.16 Å². The van der Waals surface area contributed by atoms with Gasteiger partial charge in [-0.25, -0.2) is 0 Å². The molecule has 0 unspecified atom stereocenters. The minimum atomic E-state index is -4.02. The highest BCUT2D eigenvalue weighted by Crippen LogP contribution is 2.08. The van der Waals surface area contributed by atoms with E-state index in [1.54, 1.807) is 36.9 Å². The highest BCUT2D eigenvalue weighted by Gasteiger charge is 2.06. The standard InChI is InChI=1S/C7H8O3S.2C5H5N.CH3NO/c1-6-2-4-7(5-3-6)11(8,9)10;2*1-2-4-6-5-3-1;1-2-3/h2-5H,1H3,(H,8,9,10);2*1-5H;3H,1H2. The molecular formula is C18H21N3O4S. The lowest BCUT2D eigenvalue weighted by Crippen LogP contribution is -1.96. The van der Waals surface area contributed by atoms with Crippen molar-refractivity contribution in [1.82, 2.24) is 9.97 Å². The Morgan fingerprint density at radius 3 is 1.38 bits per heavy atom. The van der Waals surface area contributed by atoms with Gasteiger partial charge in [-0.1, -0.05) is 29.8 Å². The Labute approximate surface area is 153 Å². The van der Waals surface area contributed by atoms with Crippen molar-refractivity contribution in [3.63, 3.8) is 0 Å². The first kappa shape index (κ1) is 22.9. The summed E-state index contributed by atoms with van der Waals surface area (Å²) in [6.07, 6.45) is 7.00. The molecule has 138 valence electrons. The first-order valence-electron chi connectivity index (χ1n) is 7.26. The lowest BCUT2D eigenvalue weighted by molar-refractivity contribution is 0.323. The van der Waals surface area contributed by atoms with Gasteiger partial charge < -0.3 is 5.21 Å². The summed E-state index contributed by atoms with van der Waals surface area (Å²) in [6, 6.07) is 17.4. The fourth-order valence-corrected chi connectivity index (χ4v) is 1.82.